The molecule has 1 aliphatic carbocycles. The predicted molar refractivity (Wildman–Crippen MR) is 108 cm³/mol. The molecule has 0 heterocycles. The molecule has 0 saturated heterocycles. The third kappa shape index (κ3) is 5.10. The van der Waals surface area contributed by atoms with Crippen molar-refractivity contribution in [1.82, 2.24) is 0 Å². The number of thioether (sulfide) groups is 1. The van der Waals surface area contributed by atoms with Crippen LogP contribution in [-0.4, -0.2) is 18.1 Å². The van der Waals surface area contributed by atoms with Crippen molar-refractivity contribution in [3.63, 3.8) is 0 Å². The van der Waals surface area contributed by atoms with Crippen molar-refractivity contribution in [2.45, 2.75) is 37.0 Å². The van der Waals surface area contributed by atoms with Crippen molar-refractivity contribution in [1.29, 1.82) is 0 Å². The first kappa shape index (κ1) is 19.4. The quantitative estimate of drug-likeness (QED) is 0.684. The van der Waals surface area contributed by atoms with Gasteiger partial charge in [-0.05, 0) is 61.6 Å². The van der Waals surface area contributed by atoms with Crippen LogP contribution in [0.25, 0.3) is 0 Å². The summed E-state index contributed by atoms with van der Waals surface area (Å²) in [5.41, 5.74) is 1.06. The SMILES string of the molecule is CSc1ccc(C(=O)Nc2ccc(F)c(NC(=O)C3CCCCC3)c2)cc1. The van der Waals surface area contributed by atoms with Crippen LogP contribution in [0.4, 0.5) is 15.8 Å². The smallest absolute Gasteiger partial charge is 0.255 e. The molecule has 3 rings (SSSR count). The minimum Gasteiger partial charge on any atom is -0.323 e. The fourth-order valence-electron chi connectivity index (χ4n) is 3.24. The van der Waals surface area contributed by atoms with Crippen LogP contribution in [0, 0.1) is 11.7 Å². The van der Waals surface area contributed by atoms with Crippen molar-refractivity contribution < 1.29 is 14.0 Å². The lowest BCUT2D eigenvalue weighted by atomic mass is 9.88. The molecule has 0 aromatic heterocycles. The Bertz CT molecular complexity index is 817. The molecule has 1 saturated carbocycles. The molecule has 1 fully saturated rings. The highest BCUT2D eigenvalue weighted by atomic mass is 32.2. The van der Waals surface area contributed by atoms with Crippen LogP contribution in [0.1, 0.15) is 42.5 Å². The summed E-state index contributed by atoms with van der Waals surface area (Å²) in [5.74, 6) is -1.00. The number of rotatable bonds is 5. The molecule has 2 aromatic carbocycles. The highest BCUT2D eigenvalue weighted by Crippen LogP contribution is 2.27. The minimum atomic E-state index is -0.513. The van der Waals surface area contributed by atoms with Gasteiger partial charge in [0.2, 0.25) is 5.91 Å². The molecule has 0 spiro atoms. The van der Waals surface area contributed by atoms with Gasteiger partial charge in [0.05, 0.1) is 5.69 Å². The van der Waals surface area contributed by atoms with Crippen LogP contribution < -0.4 is 10.6 Å². The third-order valence-electron chi connectivity index (χ3n) is 4.81. The predicted octanol–water partition coefficient (Wildman–Crippen LogP) is 5.32. The van der Waals surface area contributed by atoms with Gasteiger partial charge in [-0.2, -0.15) is 0 Å². The van der Waals surface area contributed by atoms with E-state index in [1.807, 2.05) is 18.4 Å². The zero-order valence-corrected chi connectivity index (χ0v) is 16.1. The molecule has 0 radical (unpaired) electrons. The number of anilines is 2. The van der Waals surface area contributed by atoms with E-state index in [0.29, 0.717) is 11.3 Å². The van der Waals surface area contributed by atoms with E-state index in [4.69, 9.17) is 0 Å². The summed E-state index contributed by atoms with van der Waals surface area (Å²) in [7, 11) is 0. The standard InChI is InChI=1S/C21H23FN2O2S/c1-27-17-10-7-15(8-11-17)20(25)23-16-9-12-18(22)19(13-16)24-21(26)14-5-3-2-4-6-14/h7-14H,2-6H2,1H3,(H,23,25)(H,24,26). The number of carbonyl (C=O) groups excluding carboxylic acids is 2. The Morgan fingerprint density at radius 2 is 1.70 bits per heavy atom. The van der Waals surface area contributed by atoms with Crippen LogP contribution in [0.2, 0.25) is 0 Å². The van der Waals surface area contributed by atoms with Gasteiger partial charge in [0.15, 0.2) is 0 Å². The van der Waals surface area contributed by atoms with Gasteiger partial charge >= 0.3 is 0 Å². The normalized spacial score (nSPS) is 14.6. The van der Waals surface area contributed by atoms with E-state index in [1.54, 1.807) is 23.9 Å². The van der Waals surface area contributed by atoms with Gasteiger partial charge in [0.25, 0.3) is 5.91 Å². The Morgan fingerprint density at radius 1 is 1.00 bits per heavy atom. The first-order chi connectivity index (χ1) is 13.1. The first-order valence-corrected chi connectivity index (χ1v) is 10.3. The van der Waals surface area contributed by atoms with Gasteiger partial charge < -0.3 is 10.6 Å². The summed E-state index contributed by atoms with van der Waals surface area (Å²) in [6, 6.07) is 11.4. The Labute approximate surface area is 162 Å². The van der Waals surface area contributed by atoms with Crippen molar-refractivity contribution >= 4 is 35.0 Å². The second kappa shape index (κ2) is 9.04. The van der Waals surface area contributed by atoms with Crippen molar-refractivity contribution in [3.8, 4) is 0 Å². The van der Waals surface area contributed by atoms with Gasteiger partial charge in [-0.3, -0.25) is 9.59 Å². The van der Waals surface area contributed by atoms with Crippen LogP contribution >= 0.6 is 11.8 Å². The second-order valence-corrected chi connectivity index (χ2v) is 7.58. The molecule has 2 N–H and O–H groups in total. The summed E-state index contributed by atoms with van der Waals surface area (Å²) < 4.78 is 14.1. The van der Waals surface area contributed by atoms with Crippen molar-refractivity contribution in [2.75, 3.05) is 16.9 Å². The Hall–Kier alpha value is -2.34. The van der Waals surface area contributed by atoms with E-state index >= 15 is 0 Å². The van der Waals surface area contributed by atoms with Gasteiger partial charge in [-0.1, -0.05) is 19.3 Å². The molecular weight excluding hydrogens is 363 g/mol. The average Bonchev–Trinajstić information content (AvgIpc) is 2.71. The van der Waals surface area contributed by atoms with Crippen LogP contribution in [0.15, 0.2) is 47.4 Å². The Kier molecular flexibility index (Phi) is 6.50. The molecular formula is C21H23FN2O2S. The van der Waals surface area contributed by atoms with E-state index in [9.17, 15) is 14.0 Å². The van der Waals surface area contributed by atoms with Gasteiger partial charge in [0.1, 0.15) is 5.82 Å². The van der Waals surface area contributed by atoms with Gasteiger partial charge in [-0.25, -0.2) is 4.39 Å². The number of hydrogen-bond donors (Lipinski definition) is 2. The molecule has 2 amide bonds. The molecule has 0 unspecified atom stereocenters. The maximum Gasteiger partial charge on any atom is 0.255 e. The maximum atomic E-state index is 14.1. The molecule has 2 aromatic rings. The lowest BCUT2D eigenvalue weighted by Gasteiger charge is -2.21. The van der Waals surface area contributed by atoms with E-state index < -0.39 is 5.82 Å². The van der Waals surface area contributed by atoms with E-state index in [2.05, 4.69) is 10.6 Å². The molecule has 142 valence electrons. The minimum absolute atomic E-state index is 0.0636. The van der Waals surface area contributed by atoms with E-state index in [1.165, 1.54) is 18.2 Å². The number of amides is 2. The fourth-order valence-corrected chi connectivity index (χ4v) is 3.65. The van der Waals surface area contributed by atoms with E-state index in [0.717, 1.165) is 37.0 Å². The lowest BCUT2D eigenvalue weighted by molar-refractivity contribution is -0.120. The number of hydrogen-bond acceptors (Lipinski definition) is 3. The topological polar surface area (TPSA) is 58.2 Å². The van der Waals surface area contributed by atoms with Gasteiger partial charge in [0, 0.05) is 22.1 Å². The van der Waals surface area contributed by atoms with Crippen LogP contribution in [0.5, 0.6) is 0 Å². The summed E-state index contributed by atoms with van der Waals surface area (Å²) in [6.45, 7) is 0. The zero-order chi connectivity index (χ0) is 19.2. The maximum absolute atomic E-state index is 14.1. The summed E-state index contributed by atoms with van der Waals surface area (Å²) in [4.78, 5) is 25.8. The average molecular weight is 386 g/mol. The molecule has 4 nitrogen and oxygen atoms in total. The highest BCUT2D eigenvalue weighted by molar-refractivity contribution is 7.98. The summed E-state index contributed by atoms with van der Waals surface area (Å²) >= 11 is 1.60. The van der Waals surface area contributed by atoms with Crippen molar-refractivity contribution in [2.24, 2.45) is 5.92 Å². The van der Waals surface area contributed by atoms with E-state index in [-0.39, 0.29) is 23.4 Å². The second-order valence-electron chi connectivity index (χ2n) is 6.70. The number of halogens is 1. The monoisotopic (exact) mass is 386 g/mol. The zero-order valence-electron chi connectivity index (χ0n) is 15.3. The fraction of sp³-hybridized carbons (Fsp3) is 0.333. The lowest BCUT2D eigenvalue weighted by Crippen LogP contribution is -2.25. The Balaban J connectivity index is 1.68. The van der Waals surface area contributed by atoms with Crippen LogP contribution in [-0.2, 0) is 4.79 Å². The molecule has 27 heavy (non-hydrogen) atoms. The summed E-state index contributed by atoms with van der Waals surface area (Å²) in [6.07, 6.45) is 6.87. The number of benzene rings is 2. The number of carbonyl (C=O) groups is 2. The van der Waals surface area contributed by atoms with Crippen molar-refractivity contribution in [3.05, 3.63) is 53.8 Å². The summed E-state index contributed by atoms with van der Waals surface area (Å²) in [5, 5.41) is 5.43. The largest absolute Gasteiger partial charge is 0.323 e. The molecule has 0 bridgehead atoms. The molecule has 6 heteroatoms. The van der Waals surface area contributed by atoms with Crippen LogP contribution in [0.3, 0.4) is 0 Å². The first-order valence-electron chi connectivity index (χ1n) is 9.12. The molecule has 1 aliphatic rings. The third-order valence-corrected chi connectivity index (χ3v) is 5.55. The highest BCUT2D eigenvalue weighted by Gasteiger charge is 2.22. The number of nitrogens with one attached hydrogen (secondary N) is 2. The molecule has 0 atom stereocenters. The Morgan fingerprint density at radius 3 is 2.37 bits per heavy atom. The van der Waals surface area contributed by atoms with Gasteiger partial charge in [-0.15, -0.1) is 11.8 Å². The molecule has 0 aliphatic heterocycles.